The molecule has 0 aromatic rings. The summed E-state index contributed by atoms with van der Waals surface area (Å²) in [5.41, 5.74) is 2.71. The van der Waals surface area contributed by atoms with E-state index in [9.17, 15) is 0 Å². The van der Waals surface area contributed by atoms with E-state index < -0.39 is 0 Å². The van der Waals surface area contributed by atoms with Crippen LogP contribution >= 0.6 is 11.8 Å². The normalized spacial score (nSPS) is 11.5. The molecule has 0 aliphatic rings. The van der Waals surface area contributed by atoms with Gasteiger partial charge in [-0.2, -0.15) is 17.2 Å². The van der Waals surface area contributed by atoms with Crippen molar-refractivity contribution in [2.75, 3.05) is 18.1 Å². The molecular formula is C7H17N5OS. The van der Waals surface area contributed by atoms with Gasteiger partial charge in [0.2, 0.25) is 6.40 Å². The molecule has 0 aliphatic heterocycles. The SMILES string of the molecule is CCCCSCCNOC=NN=NN. The average Bonchev–Trinajstić information content (AvgIpc) is 2.21. The molecule has 0 rings (SSSR count). The summed E-state index contributed by atoms with van der Waals surface area (Å²) in [6.07, 6.45) is 3.66. The van der Waals surface area contributed by atoms with Gasteiger partial charge in [0.25, 0.3) is 0 Å². The Morgan fingerprint density at radius 2 is 2.36 bits per heavy atom. The van der Waals surface area contributed by atoms with Gasteiger partial charge in [-0.1, -0.05) is 23.7 Å². The lowest BCUT2D eigenvalue weighted by molar-refractivity contribution is 0.200. The Morgan fingerprint density at radius 3 is 3.07 bits per heavy atom. The summed E-state index contributed by atoms with van der Waals surface area (Å²) in [6, 6.07) is 0. The van der Waals surface area contributed by atoms with Gasteiger partial charge in [-0.25, -0.2) is 0 Å². The first kappa shape index (κ1) is 13.2. The summed E-state index contributed by atoms with van der Waals surface area (Å²) in [5, 5.41) is 9.40. The van der Waals surface area contributed by atoms with E-state index in [2.05, 4.69) is 28.0 Å². The van der Waals surface area contributed by atoms with E-state index in [1.807, 2.05) is 11.8 Å². The number of hydroxylamine groups is 1. The molecule has 0 fully saturated rings. The van der Waals surface area contributed by atoms with Crippen LogP contribution in [-0.2, 0) is 4.84 Å². The number of nitrogens with zero attached hydrogens (tertiary/aromatic N) is 3. The number of hydrogen-bond acceptors (Lipinski definition) is 5. The molecule has 0 aliphatic carbocycles. The van der Waals surface area contributed by atoms with Gasteiger partial charge in [0.05, 0.1) is 0 Å². The highest BCUT2D eigenvalue weighted by Crippen LogP contribution is 2.02. The van der Waals surface area contributed by atoms with Gasteiger partial charge >= 0.3 is 0 Å². The molecule has 7 heteroatoms. The van der Waals surface area contributed by atoms with Crippen molar-refractivity contribution in [1.82, 2.24) is 5.48 Å². The van der Waals surface area contributed by atoms with Crippen LogP contribution in [0.25, 0.3) is 0 Å². The summed E-state index contributed by atoms with van der Waals surface area (Å²) in [7, 11) is 0. The molecular weight excluding hydrogens is 202 g/mol. The summed E-state index contributed by atoms with van der Waals surface area (Å²) < 4.78 is 0. The molecule has 0 spiro atoms. The molecule has 0 aromatic heterocycles. The van der Waals surface area contributed by atoms with Crippen LogP contribution in [0.5, 0.6) is 0 Å². The Labute approximate surface area is 88.3 Å². The molecule has 0 unspecified atom stereocenters. The molecule has 0 heterocycles. The molecule has 0 saturated heterocycles. The van der Waals surface area contributed by atoms with E-state index in [1.165, 1.54) is 18.6 Å². The second-order valence-electron chi connectivity index (χ2n) is 2.40. The van der Waals surface area contributed by atoms with E-state index in [0.29, 0.717) is 0 Å². The lowest BCUT2D eigenvalue weighted by Gasteiger charge is -2.01. The van der Waals surface area contributed by atoms with Crippen LogP contribution in [0.15, 0.2) is 15.5 Å². The van der Waals surface area contributed by atoms with E-state index in [0.717, 1.165) is 18.7 Å². The molecule has 6 nitrogen and oxygen atoms in total. The molecule has 0 amide bonds. The maximum Gasteiger partial charge on any atom is 0.223 e. The summed E-state index contributed by atoms with van der Waals surface area (Å²) in [5.74, 6) is 6.92. The zero-order chi connectivity index (χ0) is 10.5. The standard InChI is InChI=1S/C7H17N5OS/c1-2-3-5-14-6-4-10-13-7-9-12-11-8/h7,10H,2-6H2,1H3,(H2,8,12). The van der Waals surface area contributed by atoms with Crippen LogP contribution in [0, 0.1) is 0 Å². The maximum absolute atomic E-state index is 4.78. The monoisotopic (exact) mass is 219 g/mol. The lowest BCUT2D eigenvalue weighted by Crippen LogP contribution is -2.16. The minimum absolute atomic E-state index is 0.778. The predicted molar refractivity (Wildman–Crippen MR) is 58.9 cm³/mol. The quantitative estimate of drug-likeness (QED) is 0.153. The molecule has 0 atom stereocenters. The minimum Gasteiger partial charge on any atom is -0.395 e. The lowest BCUT2D eigenvalue weighted by atomic mass is 10.4. The minimum atomic E-state index is 0.778. The number of unbranched alkanes of at least 4 members (excludes halogenated alkanes) is 1. The van der Waals surface area contributed by atoms with Crippen LogP contribution in [0.1, 0.15) is 19.8 Å². The second kappa shape index (κ2) is 12.2. The van der Waals surface area contributed by atoms with Crippen molar-refractivity contribution >= 4 is 18.2 Å². The third-order valence-corrected chi connectivity index (χ3v) is 2.35. The Kier molecular flexibility index (Phi) is 11.5. The molecule has 0 aromatic carbocycles. The number of hydrogen-bond donors (Lipinski definition) is 2. The fraction of sp³-hybridized carbons (Fsp3) is 0.857. The number of nitrogens with two attached hydrogens (primary N) is 1. The summed E-state index contributed by atoms with van der Waals surface area (Å²) >= 11 is 1.90. The van der Waals surface area contributed by atoms with Gasteiger partial charge in [0.1, 0.15) is 0 Å². The van der Waals surface area contributed by atoms with Gasteiger partial charge < -0.3 is 10.7 Å². The molecule has 82 valence electrons. The Hall–Kier alpha value is -0.820. The Morgan fingerprint density at radius 1 is 1.50 bits per heavy atom. The number of thioether (sulfide) groups is 1. The molecule has 3 N–H and O–H groups in total. The van der Waals surface area contributed by atoms with E-state index >= 15 is 0 Å². The molecule has 14 heavy (non-hydrogen) atoms. The van der Waals surface area contributed by atoms with Crippen molar-refractivity contribution < 1.29 is 4.84 Å². The summed E-state index contributed by atoms with van der Waals surface area (Å²) in [6.45, 7) is 2.96. The van der Waals surface area contributed by atoms with Crippen molar-refractivity contribution in [1.29, 1.82) is 0 Å². The Bertz CT molecular complexity index is 164. The second-order valence-corrected chi connectivity index (χ2v) is 3.63. The first-order chi connectivity index (χ1) is 6.91. The Balaban J connectivity index is 2.98. The van der Waals surface area contributed by atoms with Crippen LogP contribution in [-0.4, -0.2) is 24.5 Å². The van der Waals surface area contributed by atoms with Crippen LogP contribution < -0.4 is 11.3 Å². The topological polar surface area (TPSA) is 84.4 Å². The predicted octanol–water partition coefficient (Wildman–Crippen LogP) is 1.31. The van der Waals surface area contributed by atoms with Crippen molar-refractivity contribution in [3.63, 3.8) is 0 Å². The highest BCUT2D eigenvalue weighted by molar-refractivity contribution is 7.99. The van der Waals surface area contributed by atoms with Crippen LogP contribution in [0.2, 0.25) is 0 Å². The number of nitrogens with one attached hydrogen (secondary N) is 1. The third kappa shape index (κ3) is 11.2. The third-order valence-electron chi connectivity index (χ3n) is 1.28. The van der Waals surface area contributed by atoms with Gasteiger partial charge in [0.15, 0.2) is 0 Å². The van der Waals surface area contributed by atoms with E-state index in [4.69, 9.17) is 10.7 Å². The number of rotatable bonds is 9. The van der Waals surface area contributed by atoms with Crippen molar-refractivity contribution in [2.45, 2.75) is 19.8 Å². The van der Waals surface area contributed by atoms with Gasteiger partial charge in [-0.3, -0.25) is 0 Å². The highest BCUT2D eigenvalue weighted by atomic mass is 32.2. The first-order valence-electron chi connectivity index (χ1n) is 4.49. The highest BCUT2D eigenvalue weighted by Gasteiger charge is 1.87. The van der Waals surface area contributed by atoms with E-state index in [-0.39, 0.29) is 0 Å². The van der Waals surface area contributed by atoms with Crippen molar-refractivity contribution in [3.8, 4) is 0 Å². The maximum atomic E-state index is 4.78. The van der Waals surface area contributed by atoms with Gasteiger partial charge in [-0.15, -0.1) is 0 Å². The smallest absolute Gasteiger partial charge is 0.223 e. The molecule has 0 saturated carbocycles. The average molecular weight is 219 g/mol. The van der Waals surface area contributed by atoms with Gasteiger partial charge in [0, 0.05) is 12.3 Å². The zero-order valence-corrected chi connectivity index (χ0v) is 9.16. The summed E-state index contributed by atoms with van der Waals surface area (Å²) in [4.78, 5) is 4.78. The molecule has 0 radical (unpaired) electrons. The largest absolute Gasteiger partial charge is 0.395 e. The van der Waals surface area contributed by atoms with E-state index in [1.54, 1.807) is 0 Å². The van der Waals surface area contributed by atoms with Crippen molar-refractivity contribution in [2.24, 2.45) is 21.4 Å². The zero-order valence-electron chi connectivity index (χ0n) is 8.35. The van der Waals surface area contributed by atoms with Crippen molar-refractivity contribution in [3.05, 3.63) is 0 Å². The fourth-order valence-electron chi connectivity index (χ4n) is 0.633. The first-order valence-corrected chi connectivity index (χ1v) is 5.65. The van der Waals surface area contributed by atoms with Gasteiger partial charge in [-0.05, 0) is 17.4 Å². The van der Waals surface area contributed by atoms with Crippen LogP contribution in [0.3, 0.4) is 0 Å². The van der Waals surface area contributed by atoms with Crippen LogP contribution in [0.4, 0.5) is 0 Å². The molecule has 0 bridgehead atoms. The fourth-order valence-corrected chi connectivity index (χ4v) is 1.56.